The van der Waals surface area contributed by atoms with Gasteiger partial charge >= 0.3 is 0 Å². The van der Waals surface area contributed by atoms with Crippen LogP contribution in [0.5, 0.6) is 5.75 Å². The number of amides is 1. The maximum absolute atomic E-state index is 12.8. The number of aryl methyl sites for hydroxylation is 4. The number of hydrogen-bond acceptors (Lipinski definition) is 4. The molecule has 0 saturated carbocycles. The lowest BCUT2D eigenvalue weighted by molar-refractivity contribution is 0.101. The van der Waals surface area contributed by atoms with Crippen molar-refractivity contribution >= 4 is 11.6 Å². The quantitative estimate of drug-likeness (QED) is 0.688. The predicted molar refractivity (Wildman–Crippen MR) is 105 cm³/mol. The average molecular weight is 364 g/mol. The molecule has 0 radical (unpaired) electrons. The first-order valence-corrected chi connectivity index (χ1v) is 8.90. The molecule has 3 aromatic rings. The van der Waals surface area contributed by atoms with Gasteiger partial charge in [0.25, 0.3) is 5.91 Å². The maximum Gasteiger partial charge on any atom is 0.278 e. The summed E-state index contributed by atoms with van der Waals surface area (Å²) >= 11 is 0. The highest BCUT2D eigenvalue weighted by Crippen LogP contribution is 2.25. The van der Waals surface area contributed by atoms with Crippen LogP contribution in [-0.4, -0.2) is 11.1 Å². The van der Waals surface area contributed by atoms with E-state index >= 15 is 0 Å². The first kappa shape index (κ1) is 18.7. The zero-order valence-corrected chi connectivity index (χ0v) is 16.3. The third kappa shape index (κ3) is 3.87. The molecular formula is C22H24N2O3. The van der Waals surface area contributed by atoms with Crippen LogP contribution in [0.25, 0.3) is 0 Å². The lowest BCUT2D eigenvalue weighted by Crippen LogP contribution is -2.16. The average Bonchev–Trinajstić information content (AvgIpc) is 2.99. The molecular weight excluding hydrogens is 340 g/mol. The van der Waals surface area contributed by atoms with E-state index in [0.717, 1.165) is 33.7 Å². The molecule has 0 bridgehead atoms. The van der Waals surface area contributed by atoms with E-state index in [9.17, 15) is 4.79 Å². The second-order valence-corrected chi connectivity index (χ2v) is 6.78. The number of carbonyl (C=O) groups is 1. The topological polar surface area (TPSA) is 64.4 Å². The van der Waals surface area contributed by atoms with E-state index in [-0.39, 0.29) is 18.2 Å². The Balaban J connectivity index is 1.82. The molecule has 0 saturated heterocycles. The van der Waals surface area contributed by atoms with Crippen molar-refractivity contribution in [2.24, 2.45) is 0 Å². The molecule has 0 spiro atoms. The minimum Gasteiger partial charge on any atom is -0.488 e. The number of aromatic nitrogens is 1. The zero-order chi connectivity index (χ0) is 19.6. The van der Waals surface area contributed by atoms with Crippen LogP contribution in [0.3, 0.4) is 0 Å². The summed E-state index contributed by atoms with van der Waals surface area (Å²) in [7, 11) is 0. The Morgan fingerprint density at radius 2 is 1.63 bits per heavy atom. The van der Waals surface area contributed by atoms with Crippen LogP contribution < -0.4 is 10.1 Å². The molecule has 1 N–H and O–H groups in total. The van der Waals surface area contributed by atoms with E-state index in [2.05, 4.69) is 10.5 Å². The van der Waals surface area contributed by atoms with Crippen molar-refractivity contribution in [2.75, 3.05) is 5.32 Å². The van der Waals surface area contributed by atoms with Crippen molar-refractivity contribution in [3.05, 3.63) is 75.7 Å². The molecule has 0 aliphatic carbocycles. The van der Waals surface area contributed by atoms with Crippen molar-refractivity contribution in [2.45, 2.75) is 41.2 Å². The number of nitrogens with zero attached hydrogens (tertiary/aromatic N) is 1. The van der Waals surface area contributed by atoms with Gasteiger partial charge in [-0.1, -0.05) is 35.5 Å². The number of rotatable bonds is 5. The fourth-order valence-corrected chi connectivity index (χ4v) is 2.98. The second-order valence-electron chi connectivity index (χ2n) is 6.78. The number of carbonyl (C=O) groups excluding carboxylic acids is 1. The Morgan fingerprint density at radius 1 is 1.00 bits per heavy atom. The first-order chi connectivity index (χ1) is 12.9. The Labute approximate surface area is 159 Å². The first-order valence-electron chi connectivity index (χ1n) is 8.90. The fraction of sp³-hybridized carbons (Fsp3) is 0.273. The van der Waals surface area contributed by atoms with E-state index in [1.165, 1.54) is 0 Å². The van der Waals surface area contributed by atoms with Crippen LogP contribution in [-0.2, 0) is 6.61 Å². The van der Waals surface area contributed by atoms with Crippen molar-refractivity contribution in [1.82, 2.24) is 5.16 Å². The lowest BCUT2D eigenvalue weighted by Gasteiger charge is -2.12. The summed E-state index contributed by atoms with van der Waals surface area (Å²) in [4.78, 5) is 12.8. The van der Waals surface area contributed by atoms with Gasteiger partial charge in [0.05, 0.1) is 5.56 Å². The van der Waals surface area contributed by atoms with Gasteiger partial charge in [-0.2, -0.15) is 0 Å². The molecule has 0 aliphatic heterocycles. The summed E-state index contributed by atoms with van der Waals surface area (Å²) in [5.41, 5.74) is 5.90. The number of hydrogen-bond donors (Lipinski definition) is 1. The third-order valence-electron chi connectivity index (χ3n) is 4.82. The molecule has 1 heterocycles. The van der Waals surface area contributed by atoms with Gasteiger partial charge in [-0.3, -0.25) is 4.79 Å². The normalized spacial score (nSPS) is 10.7. The predicted octanol–water partition coefficient (Wildman–Crippen LogP) is 5.05. The molecule has 0 unspecified atom stereocenters. The van der Waals surface area contributed by atoms with Crippen LogP contribution in [0.1, 0.15) is 44.1 Å². The Kier molecular flexibility index (Phi) is 5.31. The summed E-state index contributed by atoms with van der Waals surface area (Å²) in [6.45, 7) is 9.98. The van der Waals surface area contributed by atoms with Gasteiger partial charge < -0.3 is 14.6 Å². The summed E-state index contributed by atoms with van der Waals surface area (Å²) in [5, 5.41) is 6.88. The van der Waals surface area contributed by atoms with Crippen molar-refractivity contribution < 1.29 is 14.1 Å². The number of benzene rings is 2. The molecule has 0 fully saturated rings. The summed E-state index contributed by atoms with van der Waals surface area (Å²) < 4.78 is 11.3. The van der Waals surface area contributed by atoms with E-state index in [1.807, 2.05) is 64.1 Å². The third-order valence-corrected chi connectivity index (χ3v) is 4.82. The minimum absolute atomic E-state index is 0.219. The number of nitrogens with one attached hydrogen (secondary N) is 1. The highest BCUT2D eigenvalue weighted by Gasteiger charge is 2.21. The minimum atomic E-state index is -0.305. The SMILES string of the molecule is Cc1cccc(NC(=O)c2noc(C)c2COc2c(C)cccc2C)c1C. The van der Waals surface area contributed by atoms with Gasteiger partial charge in [0.15, 0.2) is 5.69 Å². The van der Waals surface area contributed by atoms with Gasteiger partial charge in [-0.05, 0) is 62.9 Å². The van der Waals surface area contributed by atoms with Gasteiger partial charge in [-0.25, -0.2) is 0 Å². The molecule has 3 rings (SSSR count). The second kappa shape index (κ2) is 7.66. The van der Waals surface area contributed by atoms with Gasteiger partial charge in [0.1, 0.15) is 18.1 Å². The van der Waals surface area contributed by atoms with Gasteiger partial charge in [0, 0.05) is 5.69 Å². The smallest absolute Gasteiger partial charge is 0.278 e. The summed E-state index contributed by atoms with van der Waals surface area (Å²) in [5.74, 6) is 1.09. The van der Waals surface area contributed by atoms with E-state index < -0.39 is 0 Å². The highest BCUT2D eigenvalue weighted by molar-refractivity contribution is 6.04. The largest absolute Gasteiger partial charge is 0.488 e. The molecule has 0 atom stereocenters. The van der Waals surface area contributed by atoms with Gasteiger partial charge in [0.2, 0.25) is 0 Å². The molecule has 1 aromatic heterocycles. The summed E-state index contributed by atoms with van der Waals surface area (Å²) in [6.07, 6.45) is 0. The van der Waals surface area contributed by atoms with E-state index in [1.54, 1.807) is 6.92 Å². The van der Waals surface area contributed by atoms with Crippen LogP contribution in [0, 0.1) is 34.6 Å². The Morgan fingerprint density at radius 3 is 2.33 bits per heavy atom. The molecule has 5 nitrogen and oxygen atoms in total. The summed E-state index contributed by atoms with van der Waals surface area (Å²) in [6, 6.07) is 11.8. The Hall–Kier alpha value is -3.08. The lowest BCUT2D eigenvalue weighted by atomic mass is 10.1. The molecule has 27 heavy (non-hydrogen) atoms. The van der Waals surface area contributed by atoms with Crippen LogP contribution in [0.15, 0.2) is 40.9 Å². The maximum atomic E-state index is 12.8. The number of ether oxygens (including phenoxy) is 1. The zero-order valence-electron chi connectivity index (χ0n) is 16.3. The fourth-order valence-electron chi connectivity index (χ4n) is 2.98. The standard InChI is InChI=1S/C22H24N2O3/c1-13-8-7-11-19(16(13)4)23-22(25)20-18(17(5)27-24-20)12-26-21-14(2)9-6-10-15(21)3/h6-11H,12H2,1-5H3,(H,23,25). The van der Waals surface area contributed by atoms with Crippen molar-refractivity contribution in [3.63, 3.8) is 0 Å². The van der Waals surface area contributed by atoms with E-state index in [4.69, 9.17) is 9.26 Å². The number of para-hydroxylation sites is 1. The molecule has 140 valence electrons. The molecule has 1 amide bonds. The molecule has 0 aliphatic rings. The van der Waals surface area contributed by atoms with Crippen LogP contribution >= 0.6 is 0 Å². The molecule has 5 heteroatoms. The van der Waals surface area contributed by atoms with Crippen molar-refractivity contribution in [1.29, 1.82) is 0 Å². The Bertz CT molecular complexity index is 969. The number of anilines is 1. The van der Waals surface area contributed by atoms with E-state index in [0.29, 0.717) is 11.3 Å². The van der Waals surface area contributed by atoms with Crippen molar-refractivity contribution in [3.8, 4) is 5.75 Å². The highest BCUT2D eigenvalue weighted by atomic mass is 16.5. The van der Waals surface area contributed by atoms with Crippen LogP contribution in [0.2, 0.25) is 0 Å². The van der Waals surface area contributed by atoms with Crippen LogP contribution in [0.4, 0.5) is 5.69 Å². The monoisotopic (exact) mass is 364 g/mol. The van der Waals surface area contributed by atoms with Gasteiger partial charge in [-0.15, -0.1) is 0 Å². The molecule has 2 aromatic carbocycles.